The zero-order valence-corrected chi connectivity index (χ0v) is 65.6. The molecule has 0 radical (unpaired) electrons. The van der Waals surface area contributed by atoms with Crippen molar-refractivity contribution in [3.05, 3.63) is 124 Å². The Balaban J connectivity index is 0.743. The normalized spacial score (nSPS) is 16.4. The fraction of sp³-hybridized carbons (Fsp3) is 0.500. The van der Waals surface area contributed by atoms with E-state index in [1.54, 1.807) is 42.5 Å². The minimum absolute atomic E-state index is 0.0127. The Bertz CT molecular complexity index is 5020. The van der Waals surface area contributed by atoms with Crippen LogP contribution >= 0.6 is 0 Å². The topological polar surface area (TPSA) is 534 Å². The van der Waals surface area contributed by atoms with Crippen molar-refractivity contribution in [2.24, 2.45) is 0 Å². The fourth-order valence-electron chi connectivity index (χ4n) is 14.5. The van der Waals surface area contributed by atoms with Crippen molar-refractivity contribution in [2.75, 3.05) is 152 Å². The summed E-state index contributed by atoms with van der Waals surface area (Å²) < 4.78 is 67.7. The molecule has 3 aliphatic heterocycles. The Morgan fingerprint density at radius 2 is 1.02 bits per heavy atom. The van der Waals surface area contributed by atoms with Gasteiger partial charge in [0.1, 0.15) is 52.8 Å². The molecule has 3 atom stereocenters. The van der Waals surface area contributed by atoms with Crippen LogP contribution in [0.2, 0.25) is 0 Å². The molecule has 0 aliphatic carbocycles. The average molecular weight is 1690 g/mol. The van der Waals surface area contributed by atoms with Gasteiger partial charge in [0.2, 0.25) is 29.5 Å². The second-order valence-electron chi connectivity index (χ2n) is 29.4. The van der Waals surface area contributed by atoms with E-state index in [1.165, 1.54) is 39.2 Å². The summed E-state index contributed by atoms with van der Waals surface area (Å²) in [5.41, 5.74) is -3.70. The number of likely N-dealkylation sites (tertiary alicyclic amines) is 2. The molecule has 13 N–H and O–H groups in total. The van der Waals surface area contributed by atoms with Crippen molar-refractivity contribution in [2.45, 2.75) is 119 Å². The molecule has 5 heterocycles. The van der Waals surface area contributed by atoms with Gasteiger partial charge in [-0.15, -0.1) is 0 Å². The predicted molar refractivity (Wildman–Crippen MR) is 425 cm³/mol. The minimum atomic E-state index is -3.24. The van der Waals surface area contributed by atoms with Crippen molar-refractivity contribution >= 4 is 110 Å². The van der Waals surface area contributed by atoms with Crippen LogP contribution in [0.3, 0.4) is 0 Å². The van der Waals surface area contributed by atoms with Crippen LogP contribution in [0, 0.1) is 17.9 Å². The van der Waals surface area contributed by atoms with Crippen LogP contribution in [0.25, 0.3) is 26.7 Å². The summed E-state index contributed by atoms with van der Waals surface area (Å²) in [6, 6.07) is 11.4. The van der Waals surface area contributed by atoms with E-state index < -0.39 is 188 Å². The number of carbonyl (C=O) groups is 11. The Hall–Kier alpha value is -13.0. The summed E-state index contributed by atoms with van der Waals surface area (Å²) in [6.45, 7) is 1.55. The summed E-state index contributed by atoms with van der Waals surface area (Å²) in [6.07, 6.45) is 1.28. The van der Waals surface area contributed by atoms with Gasteiger partial charge in [-0.05, 0) is 93.5 Å². The molecule has 2 aromatic heterocycles. The lowest BCUT2D eigenvalue weighted by molar-refractivity contribution is -0.148. The summed E-state index contributed by atoms with van der Waals surface area (Å²) in [4.78, 5) is 209. The maximum Gasteiger partial charge on any atom is 0.317 e. The molecule has 6 aromatic rings. The number of carbonyl (C=O) groups excluding carboxylic acids is 7. The van der Waals surface area contributed by atoms with Gasteiger partial charge in [0.05, 0.1) is 93.8 Å². The molecule has 648 valence electrons. The molecule has 4 aromatic carbocycles. The number of halogens is 4. The quantitative estimate of drug-likeness (QED) is 0.0109. The molecule has 0 saturated carbocycles. The fourth-order valence-corrected chi connectivity index (χ4v) is 14.5. The van der Waals surface area contributed by atoms with E-state index in [1.807, 2.05) is 0 Å². The number of pyridine rings is 2. The van der Waals surface area contributed by atoms with Crippen LogP contribution in [-0.2, 0) is 43.2 Å². The number of hydrogen-bond donors (Lipinski definition) is 13. The van der Waals surface area contributed by atoms with Crippen molar-refractivity contribution in [1.29, 1.82) is 5.26 Å². The van der Waals surface area contributed by atoms with Gasteiger partial charge in [0.25, 0.3) is 45.4 Å². The van der Waals surface area contributed by atoms with E-state index in [-0.39, 0.29) is 157 Å². The number of fused-ring (bicyclic) bond motifs is 2. The first kappa shape index (κ1) is 91.9. The third-order valence-corrected chi connectivity index (χ3v) is 20.4. The third-order valence-electron chi connectivity index (χ3n) is 20.4. The van der Waals surface area contributed by atoms with Gasteiger partial charge in [-0.25, -0.2) is 24.1 Å². The van der Waals surface area contributed by atoms with Crippen LogP contribution in [0.15, 0.2) is 80.1 Å². The molecular formula is C78H92F4N18O21. The lowest BCUT2D eigenvalue weighted by atomic mass is 9.88. The number of anilines is 4. The second kappa shape index (κ2) is 42.6. The lowest BCUT2D eigenvalue weighted by Gasteiger charge is -2.45. The zero-order valence-electron chi connectivity index (χ0n) is 65.6. The van der Waals surface area contributed by atoms with Gasteiger partial charge in [-0.3, -0.25) is 106 Å². The molecule has 3 saturated heterocycles. The van der Waals surface area contributed by atoms with Crippen LogP contribution in [0.4, 0.5) is 40.3 Å². The van der Waals surface area contributed by atoms with Crippen LogP contribution in [0.5, 0.6) is 11.5 Å². The van der Waals surface area contributed by atoms with Crippen molar-refractivity contribution in [3.63, 3.8) is 0 Å². The number of amides is 7. The number of ether oxygens (including phenoxy) is 2. The van der Waals surface area contributed by atoms with Crippen LogP contribution in [0.1, 0.15) is 104 Å². The number of nitriles is 1. The summed E-state index contributed by atoms with van der Waals surface area (Å²) in [5.74, 6) is -16.1. The molecule has 3 fully saturated rings. The zero-order chi connectivity index (χ0) is 87.7. The number of nitrogens with zero attached hydrogens (tertiary/aromatic N) is 9. The van der Waals surface area contributed by atoms with E-state index in [0.717, 1.165) is 9.80 Å². The Kier molecular flexibility index (Phi) is 32.3. The molecule has 9 rings (SSSR count). The summed E-state index contributed by atoms with van der Waals surface area (Å²) in [5, 5.41) is 73.7. The maximum atomic E-state index is 14.0. The van der Waals surface area contributed by atoms with Crippen LogP contribution < -0.4 is 79.0 Å². The molecule has 0 spiro atoms. The predicted octanol–water partition coefficient (Wildman–Crippen LogP) is 0.818. The number of alkyl halides is 4. The molecular weight excluding hydrogens is 1600 g/mol. The van der Waals surface area contributed by atoms with Gasteiger partial charge in [-0.2, -0.15) is 5.26 Å². The number of benzene rings is 2. The van der Waals surface area contributed by atoms with Crippen molar-refractivity contribution < 1.29 is 100 Å². The average Bonchev–Trinajstić information content (AvgIpc) is 1.78. The first-order valence-corrected chi connectivity index (χ1v) is 38.9. The molecule has 121 heavy (non-hydrogen) atoms. The highest BCUT2D eigenvalue weighted by molar-refractivity contribution is 6.08. The summed E-state index contributed by atoms with van der Waals surface area (Å²) >= 11 is 0. The van der Waals surface area contributed by atoms with E-state index in [4.69, 9.17) is 16.0 Å². The summed E-state index contributed by atoms with van der Waals surface area (Å²) in [7, 11) is 0. The second-order valence-corrected chi connectivity index (χ2v) is 29.4. The van der Waals surface area contributed by atoms with Gasteiger partial charge in [0, 0.05) is 113 Å². The number of hydrogen-bond acceptors (Lipinski definition) is 27. The smallest absolute Gasteiger partial charge is 0.317 e. The molecule has 0 bridgehead atoms. The first-order valence-electron chi connectivity index (χ1n) is 38.9. The van der Waals surface area contributed by atoms with E-state index in [9.17, 15) is 115 Å². The number of carboxylic acids is 4. The van der Waals surface area contributed by atoms with Crippen molar-refractivity contribution in [1.82, 2.24) is 61.1 Å². The van der Waals surface area contributed by atoms with Gasteiger partial charge in [-0.1, -0.05) is 12.8 Å². The molecule has 3 aliphatic rings. The van der Waals surface area contributed by atoms with E-state index >= 15 is 0 Å². The Morgan fingerprint density at radius 1 is 0.554 bits per heavy atom. The lowest BCUT2D eigenvalue weighted by Crippen LogP contribution is -2.62. The molecule has 7 amide bonds. The van der Waals surface area contributed by atoms with Gasteiger partial charge in [0.15, 0.2) is 0 Å². The maximum absolute atomic E-state index is 14.0. The molecule has 43 heteroatoms. The van der Waals surface area contributed by atoms with E-state index in [0.29, 0.717) is 59.0 Å². The largest absolute Gasteiger partial charge is 0.494 e. The third kappa shape index (κ3) is 25.7. The van der Waals surface area contributed by atoms with Crippen molar-refractivity contribution in [3.8, 4) is 17.6 Å². The number of unbranched alkanes of at least 4 members (excludes halogenated alkanes) is 4. The standard InChI is InChI=1S/C78H92F4N18O21/c1-84-56-34-78(81,82)45-100(56)60(104)37-94-74(118)50-17-22-86-54-13-11-48(32-52(50)54)121-30-8-6-20-89-66-68(72(116)70(66)114)91-25-26-92-75(119)55(95-58(102)9-3-2-4-18-76(98(40-63(109)110)41-64(111)112)42-96(38-61(105)106)27-28-97(43-76)39-62(107)108)14-15-57(101)87-23-24-90-67-65(69(113)71(67)115)88-19-5-7-29-120-47-10-12-53-51(31-47)49(16-21-85-53)73(117)93-36-59(103)99-44-77(79,80)33-46(99)35-83/h10-13,16-17,21-22,31-32,46,55-56,88-91H,2-9,14-15,18-20,23-30,33-34,36-45H2,(H,87,101)(H,92,119)(H,93,117)(H,94,118)(H,95,102)(H,105,106)(H,107,108)(H,109,110)(H,111,112)/t46-,55-,56-/m0/s1. The highest BCUT2D eigenvalue weighted by atomic mass is 19.3. The number of aromatic nitrogens is 2. The Morgan fingerprint density at radius 3 is 1.50 bits per heavy atom. The van der Waals surface area contributed by atoms with Crippen LogP contribution in [-0.4, -0.2) is 287 Å². The number of rotatable bonds is 48. The monoisotopic (exact) mass is 1690 g/mol. The van der Waals surface area contributed by atoms with E-state index in [2.05, 4.69) is 62.7 Å². The molecule has 0 unspecified atom stereocenters. The first-order chi connectivity index (χ1) is 57.7. The number of aliphatic carboxylic acids is 4. The van der Waals surface area contributed by atoms with Gasteiger partial charge < -0.3 is 82.7 Å². The number of nitrogens with one attached hydrogen (secondary N) is 9. The van der Waals surface area contributed by atoms with Gasteiger partial charge >= 0.3 is 30.0 Å². The minimum Gasteiger partial charge on any atom is -0.494 e. The highest BCUT2D eigenvalue weighted by Crippen LogP contribution is 2.35. The number of carboxylic acid groups (broad SMARTS) is 4. The molecule has 39 nitrogen and oxygen atoms in total. The highest BCUT2D eigenvalue weighted by Gasteiger charge is 2.51. The SMILES string of the molecule is [C-]#[N+][C@@H]1CC(F)(F)CN1C(=O)CNC(=O)c1ccnc2ccc(OCCCCNc3c(NCCNC(=O)[C@H](CCC(=O)NCCNc4c(NCCCCOc5ccc6nccc(C(=O)NCC(=O)N7CC(F)(F)C[C@H]7C#N)c6c5)c(=O)c4=O)NC(=O)CCCCCC4(N(CC(=O)O)CC(=O)O)CN(CC(=O)O)CCN(CC(=O)O)C4)c(=O)c3=O)cc12. The Labute approximate surface area is 687 Å².